The lowest BCUT2D eigenvalue weighted by atomic mass is 10.1. The van der Waals surface area contributed by atoms with Gasteiger partial charge >= 0.3 is 12.0 Å². The van der Waals surface area contributed by atoms with E-state index in [1.807, 2.05) is 24.4 Å². The lowest BCUT2D eigenvalue weighted by Crippen LogP contribution is -2.36. The number of H-pyrrole nitrogens is 1. The Kier molecular flexibility index (Phi) is 5.82. The molecule has 0 aliphatic rings. The number of nitrogens with one attached hydrogen (secondary N) is 3. The van der Waals surface area contributed by atoms with Crippen molar-refractivity contribution in [3.05, 3.63) is 36.0 Å². The molecule has 0 saturated carbocycles. The Balaban J connectivity index is 1.63. The van der Waals surface area contributed by atoms with Gasteiger partial charge in [-0.25, -0.2) is 4.79 Å². The number of carbonyl (C=O) groups is 2. The number of aromatic amines is 1. The second-order valence-corrected chi connectivity index (χ2v) is 5.14. The summed E-state index contributed by atoms with van der Waals surface area (Å²) in [6, 6.07) is 7.90. The van der Waals surface area contributed by atoms with Gasteiger partial charge in [-0.1, -0.05) is 18.2 Å². The van der Waals surface area contributed by atoms with Crippen molar-refractivity contribution in [2.45, 2.75) is 25.7 Å². The average Bonchev–Trinajstić information content (AvgIpc) is 2.91. The van der Waals surface area contributed by atoms with Crippen molar-refractivity contribution >= 4 is 22.9 Å². The smallest absolute Gasteiger partial charge is 0.314 e. The highest BCUT2D eigenvalue weighted by molar-refractivity contribution is 5.83. The van der Waals surface area contributed by atoms with E-state index >= 15 is 0 Å². The number of carbonyl (C=O) groups excluding carboxylic acids is 1. The number of rotatable bonds is 8. The summed E-state index contributed by atoms with van der Waals surface area (Å²) in [5, 5.41) is 15.1. The Bertz CT molecular complexity index is 636. The van der Waals surface area contributed by atoms with Crippen molar-refractivity contribution in [3.63, 3.8) is 0 Å². The van der Waals surface area contributed by atoms with Crippen molar-refractivity contribution in [3.8, 4) is 0 Å². The van der Waals surface area contributed by atoms with Crippen molar-refractivity contribution in [1.82, 2.24) is 15.6 Å². The Morgan fingerprint density at radius 2 is 1.82 bits per heavy atom. The molecular formula is C16H21N3O3. The fourth-order valence-corrected chi connectivity index (χ4v) is 2.32. The highest BCUT2D eigenvalue weighted by atomic mass is 16.4. The quantitative estimate of drug-likeness (QED) is 0.563. The number of aliphatic carboxylic acids is 1. The highest BCUT2D eigenvalue weighted by Gasteiger charge is 2.04. The van der Waals surface area contributed by atoms with E-state index in [-0.39, 0.29) is 12.5 Å². The highest BCUT2D eigenvalue weighted by Crippen LogP contribution is 2.18. The second kappa shape index (κ2) is 8.07. The first kappa shape index (κ1) is 15.9. The maximum absolute atomic E-state index is 11.5. The van der Waals surface area contributed by atoms with Crippen LogP contribution in [0.4, 0.5) is 4.79 Å². The second-order valence-electron chi connectivity index (χ2n) is 5.14. The van der Waals surface area contributed by atoms with Crippen LogP contribution in [0.1, 0.15) is 24.8 Å². The number of benzene rings is 1. The molecule has 0 radical (unpaired) electrons. The molecule has 1 aromatic heterocycles. The van der Waals surface area contributed by atoms with Crippen molar-refractivity contribution in [2.24, 2.45) is 0 Å². The van der Waals surface area contributed by atoms with Gasteiger partial charge in [0.25, 0.3) is 0 Å². The van der Waals surface area contributed by atoms with Gasteiger partial charge in [0.05, 0.1) is 0 Å². The van der Waals surface area contributed by atoms with Gasteiger partial charge in [0.1, 0.15) is 0 Å². The molecule has 6 nitrogen and oxygen atoms in total. The molecule has 1 heterocycles. The van der Waals surface area contributed by atoms with Gasteiger partial charge in [0.2, 0.25) is 0 Å². The largest absolute Gasteiger partial charge is 0.481 e. The third kappa shape index (κ3) is 4.80. The SMILES string of the molecule is O=C(O)CCCNC(=O)NCCCc1c[nH]c2ccccc12. The molecule has 2 amide bonds. The number of hydrogen-bond acceptors (Lipinski definition) is 2. The number of amides is 2. The van der Waals surface area contributed by atoms with E-state index in [1.165, 1.54) is 10.9 Å². The van der Waals surface area contributed by atoms with E-state index in [4.69, 9.17) is 5.11 Å². The van der Waals surface area contributed by atoms with Crippen LogP contribution in [0.3, 0.4) is 0 Å². The van der Waals surface area contributed by atoms with Crippen LogP contribution in [0, 0.1) is 0 Å². The zero-order valence-corrected chi connectivity index (χ0v) is 12.4. The summed E-state index contributed by atoms with van der Waals surface area (Å²) in [7, 11) is 0. The van der Waals surface area contributed by atoms with E-state index in [9.17, 15) is 9.59 Å². The lowest BCUT2D eigenvalue weighted by molar-refractivity contribution is -0.137. The molecule has 22 heavy (non-hydrogen) atoms. The molecule has 2 aromatic rings. The fourth-order valence-electron chi connectivity index (χ4n) is 2.32. The normalized spacial score (nSPS) is 10.5. The van der Waals surface area contributed by atoms with Gasteiger partial charge in [-0.05, 0) is 30.9 Å². The van der Waals surface area contributed by atoms with E-state index in [1.54, 1.807) is 0 Å². The summed E-state index contributed by atoms with van der Waals surface area (Å²) >= 11 is 0. The number of aromatic nitrogens is 1. The summed E-state index contributed by atoms with van der Waals surface area (Å²) in [6.07, 6.45) is 4.27. The van der Waals surface area contributed by atoms with Crippen LogP contribution < -0.4 is 10.6 Å². The molecule has 0 fully saturated rings. The van der Waals surface area contributed by atoms with Crippen LogP contribution in [-0.4, -0.2) is 35.2 Å². The van der Waals surface area contributed by atoms with Gasteiger partial charge in [0, 0.05) is 36.6 Å². The molecule has 2 rings (SSSR count). The topological polar surface area (TPSA) is 94.2 Å². The zero-order valence-electron chi connectivity index (χ0n) is 12.4. The summed E-state index contributed by atoms with van der Waals surface area (Å²) in [6.45, 7) is 0.963. The first-order chi connectivity index (χ1) is 10.7. The van der Waals surface area contributed by atoms with Crippen molar-refractivity contribution in [2.75, 3.05) is 13.1 Å². The van der Waals surface area contributed by atoms with Gasteiger partial charge < -0.3 is 20.7 Å². The van der Waals surface area contributed by atoms with Gasteiger partial charge in [-0.15, -0.1) is 0 Å². The maximum Gasteiger partial charge on any atom is 0.314 e. The lowest BCUT2D eigenvalue weighted by Gasteiger charge is -2.06. The van der Waals surface area contributed by atoms with E-state index < -0.39 is 5.97 Å². The van der Waals surface area contributed by atoms with Crippen molar-refractivity contribution < 1.29 is 14.7 Å². The minimum absolute atomic E-state index is 0.0703. The van der Waals surface area contributed by atoms with Crippen LogP contribution in [0.2, 0.25) is 0 Å². The summed E-state index contributed by atoms with van der Waals surface area (Å²) in [5.41, 5.74) is 2.38. The van der Waals surface area contributed by atoms with E-state index in [0.29, 0.717) is 19.5 Å². The zero-order chi connectivity index (χ0) is 15.8. The monoisotopic (exact) mass is 303 g/mol. The molecule has 0 unspecified atom stereocenters. The Morgan fingerprint density at radius 3 is 2.59 bits per heavy atom. The molecule has 0 spiro atoms. The van der Waals surface area contributed by atoms with Gasteiger partial charge in [0.15, 0.2) is 0 Å². The number of carboxylic acids is 1. The van der Waals surface area contributed by atoms with Crippen LogP contribution >= 0.6 is 0 Å². The van der Waals surface area contributed by atoms with E-state index in [0.717, 1.165) is 18.4 Å². The molecule has 0 atom stereocenters. The minimum Gasteiger partial charge on any atom is -0.481 e. The molecule has 6 heteroatoms. The predicted molar refractivity (Wildman–Crippen MR) is 84.9 cm³/mol. The standard InChI is InChI=1S/C16H21N3O3/c20-15(21)8-4-10-18-16(22)17-9-3-5-12-11-19-14-7-2-1-6-13(12)14/h1-2,6-7,11,19H,3-5,8-10H2,(H,20,21)(H2,17,18,22). The molecule has 0 aliphatic heterocycles. The fraction of sp³-hybridized carbons (Fsp3) is 0.375. The number of urea groups is 1. The summed E-state index contributed by atoms with van der Waals surface area (Å²) < 4.78 is 0. The predicted octanol–water partition coefficient (Wildman–Crippen LogP) is 2.26. The molecule has 118 valence electrons. The Labute approximate surface area is 128 Å². The molecule has 0 aliphatic carbocycles. The molecule has 0 saturated heterocycles. The number of hydrogen-bond donors (Lipinski definition) is 4. The van der Waals surface area contributed by atoms with Crippen LogP contribution in [-0.2, 0) is 11.2 Å². The van der Waals surface area contributed by atoms with Crippen molar-refractivity contribution in [1.29, 1.82) is 0 Å². The summed E-state index contributed by atoms with van der Waals surface area (Å²) in [5.74, 6) is -0.846. The first-order valence-electron chi connectivity index (χ1n) is 7.45. The average molecular weight is 303 g/mol. The summed E-state index contributed by atoms with van der Waals surface area (Å²) in [4.78, 5) is 25.0. The molecular weight excluding hydrogens is 282 g/mol. The first-order valence-corrected chi connectivity index (χ1v) is 7.45. The Hall–Kier alpha value is -2.50. The van der Waals surface area contributed by atoms with Crippen LogP contribution in [0.15, 0.2) is 30.5 Å². The maximum atomic E-state index is 11.5. The third-order valence-corrected chi connectivity index (χ3v) is 3.44. The Morgan fingerprint density at radius 1 is 1.09 bits per heavy atom. The molecule has 1 aromatic carbocycles. The van der Waals surface area contributed by atoms with E-state index in [2.05, 4.69) is 21.7 Å². The number of aryl methyl sites for hydroxylation is 1. The third-order valence-electron chi connectivity index (χ3n) is 3.44. The molecule has 0 bridgehead atoms. The van der Waals surface area contributed by atoms with Crippen LogP contribution in [0.25, 0.3) is 10.9 Å². The molecule has 4 N–H and O–H groups in total. The van der Waals surface area contributed by atoms with Gasteiger partial charge in [-0.2, -0.15) is 0 Å². The number of para-hydroxylation sites is 1. The number of carboxylic acid groups (broad SMARTS) is 1. The number of fused-ring (bicyclic) bond motifs is 1. The van der Waals surface area contributed by atoms with Gasteiger partial charge in [-0.3, -0.25) is 4.79 Å². The minimum atomic E-state index is -0.846. The van der Waals surface area contributed by atoms with Crippen LogP contribution in [0.5, 0.6) is 0 Å².